The van der Waals surface area contributed by atoms with Gasteiger partial charge in [0.15, 0.2) is 0 Å². The molecule has 27 heavy (non-hydrogen) atoms. The van der Waals surface area contributed by atoms with Crippen molar-refractivity contribution in [2.45, 2.75) is 0 Å². The molecule has 3 nitrogen and oxygen atoms in total. The van der Waals surface area contributed by atoms with Gasteiger partial charge in [0.05, 0.1) is 0 Å². The second-order valence-corrected chi connectivity index (χ2v) is 5.96. The van der Waals surface area contributed by atoms with E-state index in [4.69, 9.17) is 4.74 Å². The Morgan fingerprint density at radius 2 is 1.00 bits per heavy atom. The molecule has 0 aliphatic carbocycles. The number of ether oxygens (including phenoxy) is 1. The van der Waals surface area contributed by atoms with Crippen LogP contribution in [0.1, 0.15) is 20.7 Å². The van der Waals surface area contributed by atoms with Crippen molar-refractivity contribution in [2.75, 3.05) is 0 Å². The summed E-state index contributed by atoms with van der Waals surface area (Å²) in [4.78, 5) is 25.0. The Kier molecular flexibility index (Phi) is 4.12. The Balaban J connectivity index is 1.76. The summed E-state index contributed by atoms with van der Waals surface area (Å²) in [7, 11) is 0. The van der Waals surface area contributed by atoms with Crippen LogP contribution in [0.15, 0.2) is 72.8 Å². The van der Waals surface area contributed by atoms with Gasteiger partial charge in [-0.05, 0) is 33.7 Å². The first kappa shape index (κ1) is 16.8. The van der Waals surface area contributed by atoms with E-state index in [1.165, 1.54) is 12.1 Å². The standard InChI is InChI=1S/C22H12F2O3/c23-17-11-9-13-5-1-3-7-15(13)19(17)21(25)27-22(26)20-16-8-4-2-6-14(16)10-12-18(20)24/h1-12H. The van der Waals surface area contributed by atoms with Gasteiger partial charge in [0.1, 0.15) is 22.8 Å². The number of rotatable bonds is 2. The average Bonchev–Trinajstić information content (AvgIpc) is 2.67. The Morgan fingerprint density at radius 3 is 1.44 bits per heavy atom. The predicted octanol–water partition coefficient (Wildman–Crippen LogP) is 5.27. The molecular weight excluding hydrogens is 350 g/mol. The molecule has 0 fully saturated rings. The zero-order valence-electron chi connectivity index (χ0n) is 13.9. The molecule has 0 saturated carbocycles. The van der Waals surface area contributed by atoms with E-state index >= 15 is 0 Å². The van der Waals surface area contributed by atoms with E-state index in [9.17, 15) is 18.4 Å². The summed E-state index contributed by atoms with van der Waals surface area (Å²) in [6, 6.07) is 18.6. The lowest BCUT2D eigenvalue weighted by Gasteiger charge is -2.10. The van der Waals surface area contributed by atoms with Gasteiger partial charge in [0.25, 0.3) is 0 Å². The van der Waals surface area contributed by atoms with Crippen LogP contribution in [0.2, 0.25) is 0 Å². The fourth-order valence-electron chi connectivity index (χ4n) is 3.09. The molecule has 5 heteroatoms. The van der Waals surface area contributed by atoms with Gasteiger partial charge in [-0.25, -0.2) is 18.4 Å². The molecule has 0 saturated heterocycles. The van der Waals surface area contributed by atoms with Gasteiger partial charge in [-0.1, -0.05) is 60.7 Å². The molecule has 0 bridgehead atoms. The molecular formula is C22H12F2O3. The van der Waals surface area contributed by atoms with Crippen molar-refractivity contribution < 1.29 is 23.1 Å². The lowest BCUT2D eigenvalue weighted by molar-refractivity contribution is 0.0395. The van der Waals surface area contributed by atoms with Crippen molar-refractivity contribution in [1.29, 1.82) is 0 Å². The first-order valence-corrected chi connectivity index (χ1v) is 8.17. The summed E-state index contributed by atoms with van der Waals surface area (Å²) in [6.07, 6.45) is 0. The summed E-state index contributed by atoms with van der Waals surface area (Å²) in [5, 5.41) is 1.87. The molecule has 0 heterocycles. The number of esters is 2. The van der Waals surface area contributed by atoms with E-state index < -0.39 is 23.6 Å². The summed E-state index contributed by atoms with van der Waals surface area (Å²) < 4.78 is 33.4. The van der Waals surface area contributed by atoms with Crippen LogP contribution in [0.3, 0.4) is 0 Å². The largest absolute Gasteiger partial charge is 0.386 e. The molecule has 4 aromatic carbocycles. The topological polar surface area (TPSA) is 43.4 Å². The Bertz CT molecular complexity index is 1120. The predicted molar refractivity (Wildman–Crippen MR) is 97.6 cm³/mol. The quantitative estimate of drug-likeness (QED) is 0.360. The van der Waals surface area contributed by atoms with Gasteiger partial charge >= 0.3 is 11.9 Å². The zero-order valence-corrected chi connectivity index (χ0v) is 13.9. The third-order valence-electron chi connectivity index (χ3n) is 4.35. The maximum atomic E-state index is 14.3. The number of hydrogen-bond donors (Lipinski definition) is 0. The van der Waals surface area contributed by atoms with E-state index in [1.807, 2.05) is 0 Å². The second-order valence-electron chi connectivity index (χ2n) is 5.96. The summed E-state index contributed by atoms with van der Waals surface area (Å²) in [5.41, 5.74) is -0.718. The van der Waals surface area contributed by atoms with Crippen molar-refractivity contribution in [3.05, 3.63) is 95.6 Å². The molecule has 0 aromatic heterocycles. The number of benzene rings is 4. The van der Waals surface area contributed by atoms with Crippen LogP contribution in [0.25, 0.3) is 21.5 Å². The number of hydrogen-bond acceptors (Lipinski definition) is 3. The fourth-order valence-corrected chi connectivity index (χ4v) is 3.09. The molecule has 0 atom stereocenters. The first-order valence-electron chi connectivity index (χ1n) is 8.17. The lowest BCUT2D eigenvalue weighted by Crippen LogP contribution is -2.16. The molecule has 0 spiro atoms. The smallest absolute Gasteiger partial charge is 0.349 e. The highest BCUT2D eigenvalue weighted by Crippen LogP contribution is 2.25. The van der Waals surface area contributed by atoms with Crippen molar-refractivity contribution in [1.82, 2.24) is 0 Å². The van der Waals surface area contributed by atoms with Crippen molar-refractivity contribution in [3.63, 3.8) is 0 Å². The Hall–Kier alpha value is -3.60. The molecule has 132 valence electrons. The second kappa shape index (κ2) is 6.61. The highest BCUT2D eigenvalue weighted by atomic mass is 19.1. The third-order valence-corrected chi connectivity index (χ3v) is 4.35. The molecule has 4 rings (SSSR count). The van der Waals surface area contributed by atoms with E-state index in [-0.39, 0.29) is 11.1 Å². The molecule has 0 amide bonds. The van der Waals surface area contributed by atoms with Gasteiger partial charge in [-0.3, -0.25) is 0 Å². The lowest BCUT2D eigenvalue weighted by atomic mass is 10.0. The minimum atomic E-state index is -1.17. The van der Waals surface area contributed by atoms with Gasteiger partial charge in [-0.15, -0.1) is 0 Å². The summed E-state index contributed by atoms with van der Waals surface area (Å²) >= 11 is 0. The van der Waals surface area contributed by atoms with E-state index in [1.54, 1.807) is 48.5 Å². The Morgan fingerprint density at radius 1 is 0.593 bits per heavy atom. The summed E-state index contributed by atoms with van der Waals surface area (Å²) in [5.74, 6) is -3.96. The fraction of sp³-hybridized carbons (Fsp3) is 0. The van der Waals surface area contributed by atoms with E-state index in [0.29, 0.717) is 21.5 Å². The van der Waals surface area contributed by atoms with Gasteiger partial charge in [0.2, 0.25) is 0 Å². The molecule has 0 radical (unpaired) electrons. The molecule has 0 N–H and O–H groups in total. The van der Waals surface area contributed by atoms with Crippen LogP contribution in [0.4, 0.5) is 8.78 Å². The molecule has 0 unspecified atom stereocenters. The van der Waals surface area contributed by atoms with Crippen LogP contribution < -0.4 is 0 Å². The summed E-state index contributed by atoms with van der Waals surface area (Å²) in [6.45, 7) is 0. The molecule has 4 aromatic rings. The third kappa shape index (κ3) is 2.93. The average molecular weight is 362 g/mol. The SMILES string of the molecule is O=C(OC(=O)c1c(F)ccc2ccccc12)c1c(F)ccc2ccccc12. The zero-order chi connectivity index (χ0) is 19.0. The van der Waals surface area contributed by atoms with Crippen LogP contribution in [-0.4, -0.2) is 11.9 Å². The number of carbonyl (C=O) groups excluding carboxylic acids is 2. The Labute approximate surface area is 152 Å². The normalized spacial score (nSPS) is 10.9. The van der Waals surface area contributed by atoms with Gasteiger partial charge in [-0.2, -0.15) is 0 Å². The maximum absolute atomic E-state index is 14.3. The highest BCUT2D eigenvalue weighted by molar-refractivity contribution is 6.13. The molecule has 0 aliphatic rings. The van der Waals surface area contributed by atoms with Crippen LogP contribution >= 0.6 is 0 Å². The van der Waals surface area contributed by atoms with Gasteiger partial charge < -0.3 is 4.74 Å². The van der Waals surface area contributed by atoms with Crippen molar-refractivity contribution >= 4 is 33.5 Å². The molecule has 0 aliphatic heterocycles. The number of halogens is 2. The number of fused-ring (bicyclic) bond motifs is 2. The van der Waals surface area contributed by atoms with E-state index in [0.717, 1.165) is 12.1 Å². The minimum Gasteiger partial charge on any atom is -0.386 e. The van der Waals surface area contributed by atoms with Crippen molar-refractivity contribution in [3.8, 4) is 0 Å². The monoisotopic (exact) mass is 362 g/mol. The van der Waals surface area contributed by atoms with Gasteiger partial charge in [0, 0.05) is 0 Å². The minimum absolute atomic E-state index is 0.314. The van der Waals surface area contributed by atoms with Crippen LogP contribution in [0, 0.1) is 11.6 Å². The maximum Gasteiger partial charge on any atom is 0.349 e. The number of carbonyl (C=O) groups is 2. The van der Waals surface area contributed by atoms with Crippen molar-refractivity contribution in [2.24, 2.45) is 0 Å². The van der Waals surface area contributed by atoms with E-state index in [2.05, 4.69) is 0 Å². The first-order chi connectivity index (χ1) is 13.1. The van der Waals surface area contributed by atoms with Crippen LogP contribution in [0.5, 0.6) is 0 Å². The van der Waals surface area contributed by atoms with Crippen LogP contribution in [-0.2, 0) is 4.74 Å². The highest BCUT2D eigenvalue weighted by Gasteiger charge is 2.24.